The van der Waals surface area contributed by atoms with Gasteiger partial charge in [-0.3, -0.25) is 9.69 Å². The number of nitrogens with one attached hydrogen (secondary N) is 3. The lowest BCUT2D eigenvalue weighted by molar-refractivity contribution is -0.123. The molecule has 3 aliphatic heterocycles. The number of piperazine rings is 1. The van der Waals surface area contributed by atoms with Crippen LogP contribution in [0.2, 0.25) is 0 Å². The minimum atomic E-state index is -0.414. The number of carbonyl (C=O) groups is 1. The molecule has 3 fully saturated rings. The first-order valence-corrected chi connectivity index (χ1v) is 11.0. The molecule has 2 unspecified atom stereocenters. The van der Waals surface area contributed by atoms with Gasteiger partial charge in [-0.1, -0.05) is 20.3 Å². The summed E-state index contributed by atoms with van der Waals surface area (Å²) in [5, 5.41) is 10.4. The Bertz CT molecular complexity index is 469. The van der Waals surface area contributed by atoms with Crippen molar-refractivity contribution >= 4 is 5.91 Å². The van der Waals surface area contributed by atoms with Gasteiger partial charge < -0.3 is 32.3 Å². The molecule has 3 rings (SSSR count). The molecule has 8 nitrogen and oxygen atoms in total. The fourth-order valence-corrected chi connectivity index (χ4v) is 4.18. The maximum Gasteiger partial charge on any atom is 0.220 e. The molecule has 0 radical (unpaired) electrons. The van der Waals surface area contributed by atoms with Gasteiger partial charge in [0.2, 0.25) is 5.91 Å². The van der Waals surface area contributed by atoms with Crippen LogP contribution in [0.25, 0.3) is 0 Å². The summed E-state index contributed by atoms with van der Waals surface area (Å²) < 4.78 is 0. The molecular weight excluding hydrogens is 354 g/mol. The smallest absolute Gasteiger partial charge is 0.220 e. The monoisotopic (exact) mass is 397 g/mol. The molecule has 3 aliphatic rings. The predicted octanol–water partition coefficient (Wildman–Crippen LogP) is -1.23. The molecule has 0 aromatic rings. The molecule has 28 heavy (non-hydrogen) atoms. The number of unbranched alkanes of at least 4 members (excludes halogenated alkanes) is 1. The molecule has 0 aromatic carbocycles. The lowest BCUT2D eigenvalue weighted by Crippen LogP contribution is -2.66. The van der Waals surface area contributed by atoms with E-state index in [9.17, 15) is 4.79 Å². The van der Waals surface area contributed by atoms with Crippen LogP contribution in [0.3, 0.4) is 0 Å². The summed E-state index contributed by atoms with van der Waals surface area (Å²) in [5.41, 5.74) is 12.0. The Kier molecular flexibility index (Phi) is 9.59. The third-order valence-electron chi connectivity index (χ3n) is 6.14. The highest BCUT2D eigenvalue weighted by atomic mass is 16.1. The van der Waals surface area contributed by atoms with Gasteiger partial charge >= 0.3 is 0 Å². The van der Waals surface area contributed by atoms with Gasteiger partial charge in [0.15, 0.2) is 0 Å². The van der Waals surface area contributed by atoms with Gasteiger partial charge in [-0.15, -0.1) is 0 Å². The van der Waals surface area contributed by atoms with Crippen molar-refractivity contribution in [2.75, 3.05) is 78.5 Å². The van der Waals surface area contributed by atoms with Gasteiger partial charge in [0.05, 0.1) is 5.54 Å². The van der Waals surface area contributed by atoms with Crippen molar-refractivity contribution in [1.29, 1.82) is 0 Å². The molecule has 2 atom stereocenters. The molecule has 0 spiro atoms. The molecule has 164 valence electrons. The summed E-state index contributed by atoms with van der Waals surface area (Å²) in [4.78, 5) is 17.5. The molecule has 1 amide bonds. The van der Waals surface area contributed by atoms with Gasteiger partial charge in [-0.25, -0.2) is 0 Å². The zero-order chi connectivity index (χ0) is 20.5. The van der Waals surface area contributed by atoms with Gasteiger partial charge in [-0.05, 0) is 6.42 Å². The summed E-state index contributed by atoms with van der Waals surface area (Å²) in [6.45, 7) is 14.7. The average Bonchev–Trinajstić information content (AvgIpc) is 2.70. The van der Waals surface area contributed by atoms with Crippen molar-refractivity contribution in [3.63, 3.8) is 0 Å². The number of hydrogen-bond acceptors (Lipinski definition) is 7. The van der Waals surface area contributed by atoms with E-state index in [0.717, 1.165) is 71.7 Å². The van der Waals surface area contributed by atoms with E-state index in [4.69, 9.17) is 11.5 Å². The van der Waals surface area contributed by atoms with Crippen molar-refractivity contribution in [3.05, 3.63) is 0 Å². The van der Waals surface area contributed by atoms with Crippen LogP contribution in [-0.4, -0.2) is 99.8 Å². The number of carbonyl (C=O) groups excluding carboxylic acids is 1. The Labute approximate surface area is 171 Å². The van der Waals surface area contributed by atoms with Crippen LogP contribution in [0.4, 0.5) is 0 Å². The highest BCUT2D eigenvalue weighted by Gasteiger charge is 2.35. The average molecular weight is 398 g/mol. The molecule has 7 N–H and O–H groups in total. The number of nitrogens with two attached hydrogens (primary N) is 2. The minimum absolute atomic E-state index is 0.0978. The third-order valence-corrected chi connectivity index (χ3v) is 6.14. The molecule has 3 saturated heterocycles. The number of amides is 1. The Hall–Kier alpha value is -0.770. The number of hydrogen-bond donors (Lipinski definition) is 5. The van der Waals surface area contributed by atoms with Gasteiger partial charge in [-0.2, -0.15) is 0 Å². The third kappa shape index (κ3) is 7.24. The summed E-state index contributed by atoms with van der Waals surface area (Å²) in [6, 6.07) is 0. The second-order valence-electron chi connectivity index (χ2n) is 9.06. The van der Waals surface area contributed by atoms with Crippen molar-refractivity contribution in [3.8, 4) is 0 Å². The van der Waals surface area contributed by atoms with Crippen molar-refractivity contribution in [2.45, 2.75) is 38.6 Å². The maximum atomic E-state index is 12.5. The van der Waals surface area contributed by atoms with Crippen LogP contribution in [0.15, 0.2) is 0 Å². The van der Waals surface area contributed by atoms with Crippen molar-refractivity contribution in [1.82, 2.24) is 25.8 Å². The molecule has 3 heterocycles. The Morgan fingerprint density at radius 1 is 1.00 bits per heavy atom. The summed E-state index contributed by atoms with van der Waals surface area (Å²) >= 11 is 0. The van der Waals surface area contributed by atoms with E-state index >= 15 is 0 Å². The van der Waals surface area contributed by atoms with Crippen LogP contribution in [0, 0.1) is 5.41 Å². The fraction of sp³-hybridized carbons (Fsp3) is 0.950. The Balaban J connectivity index is 2.05. The molecule has 0 aromatic heterocycles. The number of nitrogens with zero attached hydrogens (tertiary/aromatic N) is 2. The molecule has 0 saturated carbocycles. The van der Waals surface area contributed by atoms with E-state index in [2.05, 4.69) is 39.6 Å². The van der Waals surface area contributed by atoms with Crippen LogP contribution in [-0.2, 0) is 4.79 Å². The first kappa shape index (κ1) is 23.5. The predicted molar refractivity (Wildman–Crippen MR) is 115 cm³/mol. The van der Waals surface area contributed by atoms with Gasteiger partial charge in [0.25, 0.3) is 0 Å². The van der Waals surface area contributed by atoms with Crippen LogP contribution < -0.4 is 27.4 Å². The van der Waals surface area contributed by atoms with Gasteiger partial charge in [0.1, 0.15) is 0 Å². The first-order chi connectivity index (χ1) is 13.4. The zero-order valence-corrected chi connectivity index (χ0v) is 18.1. The molecule has 0 aliphatic carbocycles. The molecule has 2 bridgehead atoms. The first-order valence-electron chi connectivity index (χ1n) is 11.0. The van der Waals surface area contributed by atoms with Crippen LogP contribution in [0.5, 0.6) is 0 Å². The minimum Gasteiger partial charge on any atom is -0.347 e. The van der Waals surface area contributed by atoms with E-state index in [0.29, 0.717) is 26.1 Å². The fourth-order valence-electron chi connectivity index (χ4n) is 4.18. The second-order valence-corrected chi connectivity index (χ2v) is 9.06. The summed E-state index contributed by atoms with van der Waals surface area (Å²) in [6.07, 6.45) is 2.52. The highest BCUT2D eigenvalue weighted by molar-refractivity contribution is 5.76. The SMILES string of the molecule is CCCCC(=O)NC1(CN)CNCCNCC(C)(CN)CN2CCN(CC2)C1. The topological polar surface area (TPSA) is 112 Å². The summed E-state index contributed by atoms with van der Waals surface area (Å²) in [7, 11) is 0. The second kappa shape index (κ2) is 11.4. The van der Waals surface area contributed by atoms with Crippen molar-refractivity contribution < 1.29 is 4.79 Å². The van der Waals surface area contributed by atoms with E-state index < -0.39 is 5.54 Å². The lowest BCUT2D eigenvalue weighted by Gasteiger charge is -2.44. The Morgan fingerprint density at radius 3 is 2.18 bits per heavy atom. The zero-order valence-electron chi connectivity index (χ0n) is 18.1. The summed E-state index contributed by atoms with van der Waals surface area (Å²) in [5.74, 6) is 0.116. The number of rotatable bonds is 6. The largest absolute Gasteiger partial charge is 0.347 e. The molecular formula is C20H43N7O. The Morgan fingerprint density at radius 2 is 1.61 bits per heavy atom. The van der Waals surface area contributed by atoms with Crippen LogP contribution >= 0.6 is 0 Å². The van der Waals surface area contributed by atoms with E-state index in [1.807, 2.05) is 0 Å². The van der Waals surface area contributed by atoms with Crippen molar-refractivity contribution in [2.24, 2.45) is 16.9 Å². The normalized spacial score (nSPS) is 35.3. The van der Waals surface area contributed by atoms with Crippen LogP contribution in [0.1, 0.15) is 33.1 Å². The molecule has 8 heteroatoms. The maximum absolute atomic E-state index is 12.5. The quantitative estimate of drug-likeness (QED) is 0.381. The van der Waals surface area contributed by atoms with E-state index in [-0.39, 0.29) is 11.3 Å². The van der Waals surface area contributed by atoms with E-state index in [1.165, 1.54) is 0 Å². The lowest BCUT2D eigenvalue weighted by atomic mass is 9.89. The standard InChI is InChI=1S/C20H43N7O/c1-3-4-5-18(28)25-20(13-22)15-24-7-6-23-14-19(2,12-21)16-26-8-10-27(17-20)11-9-26/h23-24H,3-17,21-22H2,1-2H3,(H,25,28). The highest BCUT2D eigenvalue weighted by Crippen LogP contribution is 2.18. The van der Waals surface area contributed by atoms with Gasteiger partial charge in [0, 0.05) is 90.4 Å². The van der Waals surface area contributed by atoms with E-state index in [1.54, 1.807) is 0 Å². The number of fused-ring (bicyclic) bond motifs is 11.